The summed E-state index contributed by atoms with van der Waals surface area (Å²) in [6, 6.07) is 9.21. The molecule has 2 aliphatic rings. The maximum atomic E-state index is 11.7. The number of hydrogen-bond acceptors (Lipinski definition) is 3. The van der Waals surface area contributed by atoms with Gasteiger partial charge in [0.2, 0.25) is 5.91 Å². The van der Waals surface area contributed by atoms with Crippen LogP contribution in [0.4, 0.5) is 0 Å². The molecule has 1 saturated heterocycles. The van der Waals surface area contributed by atoms with Gasteiger partial charge >= 0.3 is 0 Å². The highest BCUT2D eigenvalue weighted by molar-refractivity contribution is 5.80. The van der Waals surface area contributed by atoms with Crippen LogP contribution in [0.2, 0.25) is 0 Å². The summed E-state index contributed by atoms with van der Waals surface area (Å²) in [6.45, 7) is 7.98. The number of nitrogens with zero attached hydrogens (tertiary/aromatic N) is 3. The topological polar surface area (TPSA) is 60.0 Å². The zero-order chi connectivity index (χ0) is 19.1. The van der Waals surface area contributed by atoms with Gasteiger partial charge in [0.05, 0.1) is 0 Å². The Morgan fingerprint density at radius 2 is 2.00 bits per heavy atom. The Balaban J connectivity index is 1.34. The molecule has 2 N–H and O–H groups in total. The molecule has 6 heteroatoms. The van der Waals surface area contributed by atoms with Crippen LogP contribution in [0.5, 0.6) is 0 Å². The molecule has 0 bridgehead atoms. The number of amides is 1. The summed E-state index contributed by atoms with van der Waals surface area (Å²) in [6.07, 6.45) is 3.72. The molecule has 0 aromatic heterocycles. The van der Waals surface area contributed by atoms with Crippen molar-refractivity contribution in [2.45, 2.75) is 45.2 Å². The van der Waals surface area contributed by atoms with E-state index in [9.17, 15) is 4.79 Å². The molecule has 6 nitrogen and oxygen atoms in total. The zero-order valence-corrected chi connectivity index (χ0v) is 16.7. The van der Waals surface area contributed by atoms with Gasteiger partial charge in [0, 0.05) is 58.8 Å². The molecular weight excluding hydrogens is 338 g/mol. The van der Waals surface area contributed by atoms with E-state index in [1.165, 1.54) is 11.1 Å². The molecule has 3 rings (SSSR count). The van der Waals surface area contributed by atoms with Crippen molar-refractivity contribution in [2.75, 3.05) is 39.8 Å². The number of rotatable bonds is 7. The highest BCUT2D eigenvalue weighted by atomic mass is 16.1. The van der Waals surface area contributed by atoms with Crippen LogP contribution in [0, 0.1) is 6.92 Å². The Morgan fingerprint density at radius 1 is 1.22 bits per heavy atom. The Kier molecular flexibility index (Phi) is 7.10. The van der Waals surface area contributed by atoms with Crippen LogP contribution in [0.1, 0.15) is 36.8 Å². The molecule has 1 aliphatic carbocycles. The van der Waals surface area contributed by atoms with E-state index in [-0.39, 0.29) is 5.91 Å². The Morgan fingerprint density at radius 3 is 2.67 bits per heavy atom. The molecule has 0 atom stereocenters. The fourth-order valence-electron chi connectivity index (χ4n) is 3.50. The molecule has 1 aromatic rings. The highest BCUT2D eigenvalue weighted by Crippen LogP contribution is 2.18. The van der Waals surface area contributed by atoms with E-state index in [1.807, 2.05) is 7.05 Å². The number of carbonyl (C=O) groups is 1. The van der Waals surface area contributed by atoms with Crippen LogP contribution >= 0.6 is 0 Å². The van der Waals surface area contributed by atoms with Gasteiger partial charge in [0.25, 0.3) is 0 Å². The predicted octanol–water partition coefficient (Wildman–Crippen LogP) is 1.75. The standard InChI is InChI=1S/C21H33N5O/c1-17-5-3-6-18(15-17)16-25-11-13-26(14-12-25)21(22-2)23-10-4-7-20(27)24-19-8-9-19/h3,5-6,15,19H,4,7-14,16H2,1-2H3,(H,22,23)(H,24,27). The third kappa shape index (κ3) is 6.54. The number of nitrogens with one attached hydrogen (secondary N) is 2. The maximum Gasteiger partial charge on any atom is 0.220 e. The maximum absolute atomic E-state index is 11.7. The van der Waals surface area contributed by atoms with Crippen molar-refractivity contribution in [3.05, 3.63) is 35.4 Å². The molecule has 1 amide bonds. The molecule has 1 heterocycles. The van der Waals surface area contributed by atoms with Gasteiger partial charge in [-0.2, -0.15) is 0 Å². The lowest BCUT2D eigenvalue weighted by atomic mass is 10.1. The Labute approximate surface area is 163 Å². The van der Waals surface area contributed by atoms with Gasteiger partial charge in [-0.15, -0.1) is 0 Å². The monoisotopic (exact) mass is 371 g/mol. The lowest BCUT2D eigenvalue weighted by molar-refractivity contribution is -0.121. The van der Waals surface area contributed by atoms with Crippen LogP contribution < -0.4 is 10.6 Å². The quantitative estimate of drug-likeness (QED) is 0.436. The van der Waals surface area contributed by atoms with Gasteiger partial charge in [-0.05, 0) is 31.7 Å². The van der Waals surface area contributed by atoms with E-state index < -0.39 is 0 Å². The molecule has 0 radical (unpaired) electrons. The van der Waals surface area contributed by atoms with Crippen molar-refractivity contribution in [2.24, 2.45) is 4.99 Å². The van der Waals surface area contributed by atoms with E-state index in [0.29, 0.717) is 12.5 Å². The molecule has 0 unspecified atom stereocenters. The summed E-state index contributed by atoms with van der Waals surface area (Å²) in [5.41, 5.74) is 2.71. The first-order chi connectivity index (χ1) is 13.1. The average Bonchev–Trinajstić information content (AvgIpc) is 3.47. The summed E-state index contributed by atoms with van der Waals surface area (Å²) in [4.78, 5) is 21.0. The zero-order valence-electron chi connectivity index (χ0n) is 16.7. The largest absolute Gasteiger partial charge is 0.356 e. The van der Waals surface area contributed by atoms with Crippen molar-refractivity contribution < 1.29 is 4.79 Å². The third-order valence-electron chi connectivity index (χ3n) is 5.18. The molecule has 27 heavy (non-hydrogen) atoms. The minimum Gasteiger partial charge on any atom is -0.356 e. The number of hydrogen-bond donors (Lipinski definition) is 2. The van der Waals surface area contributed by atoms with E-state index in [4.69, 9.17) is 0 Å². The van der Waals surface area contributed by atoms with Crippen LogP contribution in [-0.2, 0) is 11.3 Å². The molecule has 2 fully saturated rings. The molecular formula is C21H33N5O. The lowest BCUT2D eigenvalue weighted by Gasteiger charge is -2.36. The predicted molar refractivity (Wildman–Crippen MR) is 110 cm³/mol. The summed E-state index contributed by atoms with van der Waals surface area (Å²) in [7, 11) is 1.83. The normalized spacial score (nSPS) is 18.4. The molecule has 148 valence electrons. The van der Waals surface area contributed by atoms with Crippen LogP contribution in [-0.4, -0.2) is 67.5 Å². The first kappa shape index (κ1) is 19.7. The molecule has 0 spiro atoms. The van der Waals surface area contributed by atoms with E-state index >= 15 is 0 Å². The number of benzene rings is 1. The minimum absolute atomic E-state index is 0.180. The average molecular weight is 372 g/mol. The van der Waals surface area contributed by atoms with Gasteiger partial charge in [-0.1, -0.05) is 29.8 Å². The fourth-order valence-corrected chi connectivity index (χ4v) is 3.50. The van der Waals surface area contributed by atoms with Gasteiger partial charge in [-0.3, -0.25) is 14.7 Å². The summed E-state index contributed by atoms with van der Waals surface area (Å²) in [5.74, 6) is 1.13. The minimum atomic E-state index is 0.180. The Hall–Kier alpha value is -2.08. The number of aliphatic imine (C=N–C) groups is 1. The van der Waals surface area contributed by atoms with Gasteiger partial charge in [0.1, 0.15) is 0 Å². The van der Waals surface area contributed by atoms with Crippen molar-refractivity contribution >= 4 is 11.9 Å². The first-order valence-electron chi connectivity index (χ1n) is 10.2. The van der Waals surface area contributed by atoms with E-state index in [1.54, 1.807) is 0 Å². The molecule has 1 aliphatic heterocycles. The molecule has 1 saturated carbocycles. The van der Waals surface area contributed by atoms with E-state index in [2.05, 4.69) is 56.6 Å². The van der Waals surface area contributed by atoms with Gasteiger partial charge in [-0.25, -0.2) is 0 Å². The summed E-state index contributed by atoms with van der Waals surface area (Å²) >= 11 is 0. The summed E-state index contributed by atoms with van der Waals surface area (Å²) < 4.78 is 0. The number of guanidine groups is 1. The van der Waals surface area contributed by atoms with Crippen molar-refractivity contribution in [3.8, 4) is 0 Å². The number of carbonyl (C=O) groups excluding carboxylic acids is 1. The van der Waals surface area contributed by atoms with Crippen molar-refractivity contribution in [1.82, 2.24) is 20.4 Å². The second kappa shape index (κ2) is 9.74. The smallest absolute Gasteiger partial charge is 0.220 e. The fraction of sp³-hybridized carbons (Fsp3) is 0.619. The first-order valence-corrected chi connectivity index (χ1v) is 10.2. The number of piperazine rings is 1. The van der Waals surface area contributed by atoms with Crippen molar-refractivity contribution in [1.29, 1.82) is 0 Å². The van der Waals surface area contributed by atoms with Crippen LogP contribution in [0.15, 0.2) is 29.3 Å². The third-order valence-corrected chi connectivity index (χ3v) is 5.18. The van der Waals surface area contributed by atoms with Gasteiger partial charge < -0.3 is 15.5 Å². The summed E-state index contributed by atoms with van der Waals surface area (Å²) in [5, 5.41) is 6.45. The van der Waals surface area contributed by atoms with Crippen LogP contribution in [0.3, 0.4) is 0 Å². The SMILES string of the molecule is CN=C(NCCCC(=O)NC1CC1)N1CCN(Cc2cccc(C)c2)CC1. The van der Waals surface area contributed by atoms with E-state index in [0.717, 1.165) is 64.5 Å². The second-order valence-corrected chi connectivity index (χ2v) is 7.67. The van der Waals surface area contributed by atoms with Gasteiger partial charge in [0.15, 0.2) is 5.96 Å². The van der Waals surface area contributed by atoms with Crippen molar-refractivity contribution in [3.63, 3.8) is 0 Å². The Bertz CT molecular complexity index is 648. The highest BCUT2D eigenvalue weighted by Gasteiger charge is 2.23. The lowest BCUT2D eigenvalue weighted by Crippen LogP contribution is -2.52. The number of aryl methyl sites for hydroxylation is 1. The molecule has 1 aromatic carbocycles. The van der Waals surface area contributed by atoms with Crippen LogP contribution in [0.25, 0.3) is 0 Å². The second-order valence-electron chi connectivity index (χ2n) is 7.67.